The molecule has 0 saturated heterocycles. The van der Waals surface area contributed by atoms with Gasteiger partial charge in [0, 0.05) is 18.7 Å². The summed E-state index contributed by atoms with van der Waals surface area (Å²) in [6.45, 7) is 0. The van der Waals surface area contributed by atoms with Crippen molar-refractivity contribution >= 4 is 16.7 Å². The summed E-state index contributed by atoms with van der Waals surface area (Å²) in [5.74, 6) is 1.90. The summed E-state index contributed by atoms with van der Waals surface area (Å²) in [6, 6.07) is 5.90. The van der Waals surface area contributed by atoms with E-state index >= 15 is 0 Å². The highest BCUT2D eigenvalue weighted by Crippen LogP contribution is 2.40. The van der Waals surface area contributed by atoms with Crippen molar-refractivity contribution in [1.29, 1.82) is 0 Å². The van der Waals surface area contributed by atoms with Crippen LogP contribution in [0.15, 0.2) is 18.2 Å². The van der Waals surface area contributed by atoms with Gasteiger partial charge in [0.2, 0.25) is 0 Å². The Balaban J connectivity index is 2.29. The molecule has 3 heteroatoms. The molecule has 2 N–H and O–H groups in total. The molecule has 1 heterocycles. The van der Waals surface area contributed by atoms with Gasteiger partial charge >= 0.3 is 0 Å². The number of nitrogen functional groups attached to an aromatic ring is 1. The van der Waals surface area contributed by atoms with Gasteiger partial charge in [-0.3, -0.25) is 0 Å². The minimum atomic E-state index is 0.689. The second-order valence-electron chi connectivity index (χ2n) is 4.05. The second-order valence-corrected chi connectivity index (χ2v) is 4.05. The van der Waals surface area contributed by atoms with Crippen molar-refractivity contribution in [3.8, 4) is 0 Å². The molecular formula is C11H13N3. The standard InChI is InChI=1S/C11H13N3/c1-14-10-6-8(12)4-5-9(10)13-11(14)7-2-3-7/h4-7H,2-3,12H2,1H3. The first-order valence-electron chi connectivity index (χ1n) is 4.97. The van der Waals surface area contributed by atoms with E-state index in [9.17, 15) is 0 Å². The minimum absolute atomic E-state index is 0.689. The Kier molecular flexibility index (Phi) is 1.40. The maximum absolute atomic E-state index is 5.75. The molecule has 0 amide bonds. The van der Waals surface area contributed by atoms with Crippen LogP contribution >= 0.6 is 0 Å². The fourth-order valence-corrected chi connectivity index (χ4v) is 1.93. The Morgan fingerprint density at radius 3 is 2.93 bits per heavy atom. The number of hydrogen-bond donors (Lipinski definition) is 1. The molecule has 1 fully saturated rings. The Labute approximate surface area is 82.5 Å². The smallest absolute Gasteiger partial charge is 0.112 e. The van der Waals surface area contributed by atoms with Gasteiger partial charge in [-0.2, -0.15) is 0 Å². The molecule has 3 rings (SSSR count). The van der Waals surface area contributed by atoms with Gasteiger partial charge in [-0.25, -0.2) is 4.98 Å². The van der Waals surface area contributed by atoms with Crippen LogP contribution in [0.1, 0.15) is 24.6 Å². The van der Waals surface area contributed by atoms with Crippen LogP contribution in [0.4, 0.5) is 5.69 Å². The lowest BCUT2D eigenvalue weighted by Gasteiger charge is -1.99. The molecule has 0 unspecified atom stereocenters. The number of aryl methyl sites for hydroxylation is 1. The molecule has 0 aliphatic heterocycles. The van der Waals surface area contributed by atoms with Gasteiger partial charge in [0.05, 0.1) is 11.0 Å². The van der Waals surface area contributed by atoms with Crippen LogP contribution in [-0.4, -0.2) is 9.55 Å². The molecule has 2 aromatic rings. The largest absolute Gasteiger partial charge is 0.399 e. The van der Waals surface area contributed by atoms with Crippen LogP contribution < -0.4 is 5.73 Å². The van der Waals surface area contributed by atoms with Gasteiger partial charge < -0.3 is 10.3 Å². The predicted octanol–water partition coefficient (Wildman–Crippen LogP) is 2.03. The van der Waals surface area contributed by atoms with Gasteiger partial charge in [0.25, 0.3) is 0 Å². The molecule has 1 aliphatic rings. The lowest BCUT2D eigenvalue weighted by molar-refractivity contribution is 0.820. The van der Waals surface area contributed by atoms with Gasteiger partial charge in [-0.15, -0.1) is 0 Å². The van der Waals surface area contributed by atoms with Crippen LogP contribution in [-0.2, 0) is 7.05 Å². The topological polar surface area (TPSA) is 43.8 Å². The average molecular weight is 187 g/mol. The number of fused-ring (bicyclic) bond motifs is 1. The fourth-order valence-electron chi connectivity index (χ4n) is 1.93. The van der Waals surface area contributed by atoms with Crippen molar-refractivity contribution in [3.05, 3.63) is 24.0 Å². The number of anilines is 1. The van der Waals surface area contributed by atoms with Crippen LogP contribution in [0.3, 0.4) is 0 Å². The normalized spacial score (nSPS) is 16.4. The molecule has 1 aromatic carbocycles. The van der Waals surface area contributed by atoms with Crippen LogP contribution in [0.2, 0.25) is 0 Å². The molecule has 1 saturated carbocycles. The Bertz CT molecular complexity index is 494. The molecule has 1 aromatic heterocycles. The van der Waals surface area contributed by atoms with Gasteiger partial charge in [-0.1, -0.05) is 0 Å². The van der Waals surface area contributed by atoms with Crippen molar-refractivity contribution in [1.82, 2.24) is 9.55 Å². The molecule has 1 aliphatic carbocycles. The summed E-state index contributed by atoms with van der Waals surface area (Å²) < 4.78 is 2.17. The van der Waals surface area contributed by atoms with Crippen molar-refractivity contribution in [2.45, 2.75) is 18.8 Å². The third-order valence-electron chi connectivity index (χ3n) is 2.88. The number of aromatic nitrogens is 2. The van der Waals surface area contributed by atoms with Crippen molar-refractivity contribution in [3.63, 3.8) is 0 Å². The highest BCUT2D eigenvalue weighted by Gasteiger charge is 2.28. The maximum atomic E-state index is 5.75. The summed E-state index contributed by atoms with van der Waals surface area (Å²) in [6.07, 6.45) is 2.57. The summed E-state index contributed by atoms with van der Waals surface area (Å²) in [7, 11) is 2.07. The Morgan fingerprint density at radius 2 is 2.21 bits per heavy atom. The second kappa shape index (κ2) is 2.50. The third-order valence-corrected chi connectivity index (χ3v) is 2.88. The summed E-state index contributed by atoms with van der Waals surface area (Å²) in [5.41, 5.74) is 8.76. The molecule has 0 atom stereocenters. The number of imidazole rings is 1. The minimum Gasteiger partial charge on any atom is -0.399 e. The van der Waals surface area contributed by atoms with Crippen LogP contribution in [0.5, 0.6) is 0 Å². The molecule has 0 bridgehead atoms. The Hall–Kier alpha value is -1.51. The van der Waals surface area contributed by atoms with Crippen molar-refractivity contribution in [2.75, 3.05) is 5.73 Å². The van der Waals surface area contributed by atoms with E-state index in [1.165, 1.54) is 18.7 Å². The van der Waals surface area contributed by atoms with Crippen molar-refractivity contribution in [2.24, 2.45) is 7.05 Å². The zero-order valence-corrected chi connectivity index (χ0v) is 8.20. The molecule has 3 nitrogen and oxygen atoms in total. The quantitative estimate of drug-likeness (QED) is 0.694. The van der Waals surface area contributed by atoms with E-state index in [1.54, 1.807) is 0 Å². The summed E-state index contributed by atoms with van der Waals surface area (Å²) >= 11 is 0. The zero-order valence-electron chi connectivity index (χ0n) is 8.20. The highest BCUT2D eigenvalue weighted by atomic mass is 15.1. The zero-order chi connectivity index (χ0) is 9.71. The first-order valence-corrected chi connectivity index (χ1v) is 4.97. The number of hydrogen-bond acceptors (Lipinski definition) is 2. The van der Waals surface area contributed by atoms with Crippen molar-refractivity contribution < 1.29 is 0 Å². The monoisotopic (exact) mass is 187 g/mol. The van der Waals surface area contributed by atoms with E-state index in [1.807, 2.05) is 18.2 Å². The number of nitrogens with zero attached hydrogens (tertiary/aromatic N) is 2. The summed E-state index contributed by atoms with van der Waals surface area (Å²) in [5, 5.41) is 0. The SMILES string of the molecule is Cn1c(C2CC2)nc2ccc(N)cc21. The van der Waals surface area contributed by atoms with Gasteiger partial charge in [0.15, 0.2) is 0 Å². The molecule has 72 valence electrons. The average Bonchev–Trinajstić information content (AvgIpc) is 2.95. The van der Waals surface area contributed by atoms with E-state index in [2.05, 4.69) is 16.6 Å². The lowest BCUT2D eigenvalue weighted by Crippen LogP contribution is -1.95. The fraction of sp³-hybridized carbons (Fsp3) is 0.364. The van der Waals surface area contributed by atoms with E-state index in [0.29, 0.717) is 5.92 Å². The first kappa shape index (κ1) is 7.85. The Morgan fingerprint density at radius 1 is 1.43 bits per heavy atom. The van der Waals surface area contributed by atoms with Crippen LogP contribution in [0, 0.1) is 0 Å². The van der Waals surface area contributed by atoms with E-state index < -0.39 is 0 Å². The number of nitrogens with two attached hydrogens (primary N) is 1. The number of rotatable bonds is 1. The first-order chi connectivity index (χ1) is 6.75. The van der Waals surface area contributed by atoms with Crippen LogP contribution in [0.25, 0.3) is 11.0 Å². The maximum Gasteiger partial charge on any atom is 0.112 e. The van der Waals surface area contributed by atoms with Gasteiger partial charge in [-0.05, 0) is 31.0 Å². The molecular weight excluding hydrogens is 174 g/mol. The van der Waals surface area contributed by atoms with E-state index in [0.717, 1.165) is 16.7 Å². The highest BCUT2D eigenvalue weighted by molar-refractivity contribution is 5.79. The van der Waals surface area contributed by atoms with E-state index in [-0.39, 0.29) is 0 Å². The summed E-state index contributed by atoms with van der Waals surface area (Å²) in [4.78, 5) is 4.62. The molecule has 0 spiro atoms. The predicted molar refractivity (Wildman–Crippen MR) is 57.1 cm³/mol. The third kappa shape index (κ3) is 1.02. The van der Waals surface area contributed by atoms with Gasteiger partial charge in [0.1, 0.15) is 5.82 Å². The lowest BCUT2D eigenvalue weighted by atomic mass is 10.3. The number of benzene rings is 1. The van der Waals surface area contributed by atoms with E-state index in [4.69, 9.17) is 5.73 Å². The molecule has 0 radical (unpaired) electrons. The molecule has 14 heavy (non-hydrogen) atoms.